The van der Waals surface area contributed by atoms with Gasteiger partial charge in [-0.15, -0.1) is 10.2 Å². The highest BCUT2D eigenvalue weighted by Crippen LogP contribution is 2.28. The van der Waals surface area contributed by atoms with Crippen LogP contribution in [0.15, 0.2) is 70.1 Å². The largest absolute Gasteiger partial charge is 0.414 e. The van der Waals surface area contributed by atoms with Gasteiger partial charge in [0.25, 0.3) is 5.89 Å². The fourth-order valence-corrected chi connectivity index (χ4v) is 3.21. The molecule has 2 N–H and O–H groups in total. The lowest BCUT2D eigenvalue weighted by atomic mass is 10.1. The lowest BCUT2D eigenvalue weighted by Gasteiger charge is -2.05. The summed E-state index contributed by atoms with van der Waals surface area (Å²) in [5.74, 6) is 0.651. The van der Waals surface area contributed by atoms with Crippen LogP contribution in [0.5, 0.6) is 0 Å². The van der Waals surface area contributed by atoms with E-state index in [2.05, 4.69) is 20.2 Å². The molecular formula is C19H19N5O3S. The molecule has 0 aliphatic rings. The zero-order valence-corrected chi connectivity index (χ0v) is 15.6. The van der Waals surface area contributed by atoms with E-state index >= 15 is 0 Å². The maximum atomic E-state index is 11.6. The molecule has 0 aliphatic heterocycles. The van der Waals surface area contributed by atoms with Crippen molar-refractivity contribution in [3.05, 3.63) is 60.8 Å². The molecule has 9 heteroatoms. The van der Waals surface area contributed by atoms with Crippen LogP contribution in [0.1, 0.15) is 2.85 Å². The summed E-state index contributed by atoms with van der Waals surface area (Å²) in [5, 5.41) is 8.06. The quantitative estimate of drug-likeness (QED) is 0.556. The van der Waals surface area contributed by atoms with Crippen LogP contribution in [0.3, 0.4) is 0 Å². The smallest absolute Gasteiger partial charge is 0.270 e. The number of hydrogen-bond acceptors (Lipinski definition) is 8. The van der Waals surface area contributed by atoms with Gasteiger partial charge in [-0.2, -0.15) is 0 Å². The standard InChI is InChI=1S/C19H15N5O3S.2H2/c1-28(25,26)14-9-7-12(8-10-14)15-11-21-17(20)16(22-15)19-24-23-18(27-19)13-5-3-2-4-6-13;;/h2-11H,1H3,(H2,20,21);2*1H. The van der Waals surface area contributed by atoms with Crippen molar-refractivity contribution in [2.24, 2.45) is 0 Å². The van der Waals surface area contributed by atoms with Crippen LogP contribution in [-0.4, -0.2) is 34.8 Å². The molecule has 0 atom stereocenters. The molecule has 4 rings (SSSR count). The number of nitrogen functional groups attached to an aromatic ring is 1. The number of nitrogens with two attached hydrogens (primary N) is 1. The van der Waals surface area contributed by atoms with E-state index in [0.29, 0.717) is 17.1 Å². The summed E-state index contributed by atoms with van der Waals surface area (Å²) in [4.78, 5) is 8.86. The Hall–Kier alpha value is -3.59. The number of sulfone groups is 1. The molecule has 0 saturated carbocycles. The monoisotopic (exact) mass is 397 g/mol. The second-order valence-electron chi connectivity index (χ2n) is 6.06. The third-order valence-electron chi connectivity index (χ3n) is 4.03. The van der Waals surface area contributed by atoms with Crippen molar-refractivity contribution in [2.75, 3.05) is 12.0 Å². The molecule has 2 heterocycles. The molecule has 2 aromatic carbocycles. The number of benzene rings is 2. The molecule has 8 nitrogen and oxygen atoms in total. The minimum Gasteiger partial charge on any atom is -0.414 e. The lowest BCUT2D eigenvalue weighted by Crippen LogP contribution is -2.00. The normalized spacial score (nSPS) is 11.5. The molecule has 0 aliphatic carbocycles. The zero-order chi connectivity index (χ0) is 19.7. The molecule has 0 bridgehead atoms. The predicted octanol–water partition coefficient (Wildman–Crippen LogP) is 3.34. The maximum Gasteiger partial charge on any atom is 0.270 e. The average molecular weight is 397 g/mol. The predicted molar refractivity (Wildman–Crippen MR) is 108 cm³/mol. The van der Waals surface area contributed by atoms with E-state index in [0.717, 1.165) is 11.8 Å². The molecular weight excluding hydrogens is 378 g/mol. The van der Waals surface area contributed by atoms with E-state index in [1.165, 1.54) is 18.3 Å². The second kappa shape index (κ2) is 6.86. The van der Waals surface area contributed by atoms with Crippen LogP contribution in [0.2, 0.25) is 0 Å². The number of rotatable bonds is 4. The first-order chi connectivity index (χ1) is 13.4. The first-order valence-electron chi connectivity index (χ1n) is 8.24. The highest BCUT2D eigenvalue weighted by atomic mass is 32.2. The van der Waals surface area contributed by atoms with Crippen LogP contribution in [0.25, 0.3) is 34.3 Å². The Morgan fingerprint density at radius 3 is 2.29 bits per heavy atom. The molecule has 2 aromatic heterocycles. The highest BCUT2D eigenvalue weighted by molar-refractivity contribution is 7.90. The summed E-state index contributed by atoms with van der Waals surface area (Å²) in [6.45, 7) is 0. The fraction of sp³-hybridized carbons (Fsp3) is 0.0526. The van der Waals surface area contributed by atoms with E-state index in [-0.39, 0.29) is 25.2 Å². The topological polar surface area (TPSA) is 125 Å². The molecule has 4 aromatic rings. The van der Waals surface area contributed by atoms with Crippen molar-refractivity contribution in [1.82, 2.24) is 20.2 Å². The average Bonchev–Trinajstić information content (AvgIpc) is 3.18. The van der Waals surface area contributed by atoms with E-state index in [1.54, 1.807) is 12.1 Å². The number of nitrogens with zero attached hydrogens (tertiary/aromatic N) is 4. The van der Waals surface area contributed by atoms with Crippen LogP contribution >= 0.6 is 0 Å². The molecule has 0 saturated heterocycles. The summed E-state index contributed by atoms with van der Waals surface area (Å²) >= 11 is 0. The highest BCUT2D eigenvalue weighted by Gasteiger charge is 2.17. The molecule has 0 unspecified atom stereocenters. The van der Waals surface area contributed by atoms with Crippen LogP contribution in [0, 0.1) is 0 Å². The Morgan fingerprint density at radius 2 is 1.61 bits per heavy atom. The van der Waals surface area contributed by atoms with Gasteiger partial charge in [0.15, 0.2) is 21.3 Å². The van der Waals surface area contributed by atoms with Crippen molar-refractivity contribution >= 4 is 15.7 Å². The summed E-state index contributed by atoms with van der Waals surface area (Å²) in [6.07, 6.45) is 2.66. The number of aromatic nitrogens is 4. The number of hydrogen-bond donors (Lipinski definition) is 1. The van der Waals surface area contributed by atoms with Gasteiger partial charge in [-0.05, 0) is 24.3 Å². The minimum atomic E-state index is -3.27. The third kappa shape index (κ3) is 3.47. The molecule has 28 heavy (non-hydrogen) atoms. The van der Waals surface area contributed by atoms with Crippen molar-refractivity contribution in [1.29, 1.82) is 0 Å². The first-order valence-corrected chi connectivity index (χ1v) is 10.1. The van der Waals surface area contributed by atoms with Crippen LogP contribution in [-0.2, 0) is 9.84 Å². The zero-order valence-electron chi connectivity index (χ0n) is 14.8. The van der Waals surface area contributed by atoms with Crippen LogP contribution < -0.4 is 5.73 Å². The van der Waals surface area contributed by atoms with Crippen molar-refractivity contribution in [3.8, 4) is 34.3 Å². The third-order valence-corrected chi connectivity index (χ3v) is 5.16. The van der Waals surface area contributed by atoms with Gasteiger partial charge >= 0.3 is 0 Å². The van der Waals surface area contributed by atoms with E-state index < -0.39 is 9.84 Å². The van der Waals surface area contributed by atoms with Gasteiger partial charge in [0.2, 0.25) is 5.89 Å². The maximum absolute atomic E-state index is 11.6. The fourth-order valence-electron chi connectivity index (χ4n) is 2.58. The Bertz CT molecular complexity index is 1250. The summed E-state index contributed by atoms with van der Waals surface area (Å²) in [6, 6.07) is 15.7. The van der Waals surface area contributed by atoms with Gasteiger partial charge in [0, 0.05) is 20.2 Å². The SMILES string of the molecule is CS(=O)(=O)c1ccc(-c2cnc(N)c(-c3nnc(-c4ccccc4)o3)n2)cc1.[HH].[HH]. The summed E-state index contributed by atoms with van der Waals surface area (Å²) < 4.78 is 28.9. The Balaban J connectivity index is 0.00000160. The minimum absolute atomic E-state index is 0. The van der Waals surface area contributed by atoms with Gasteiger partial charge in [0.1, 0.15) is 0 Å². The summed E-state index contributed by atoms with van der Waals surface area (Å²) in [7, 11) is -3.27. The Labute approximate surface area is 164 Å². The molecule has 0 fully saturated rings. The van der Waals surface area contributed by atoms with Gasteiger partial charge in [-0.1, -0.05) is 30.3 Å². The Kier molecular flexibility index (Phi) is 4.36. The molecule has 0 radical (unpaired) electrons. The van der Waals surface area contributed by atoms with E-state index in [9.17, 15) is 8.42 Å². The molecule has 0 spiro atoms. The summed E-state index contributed by atoms with van der Waals surface area (Å²) in [5.41, 5.74) is 8.18. The van der Waals surface area contributed by atoms with Gasteiger partial charge in [0.05, 0.1) is 16.8 Å². The molecule has 144 valence electrons. The van der Waals surface area contributed by atoms with Crippen molar-refractivity contribution < 1.29 is 15.7 Å². The number of anilines is 1. The van der Waals surface area contributed by atoms with E-state index in [1.807, 2.05) is 30.3 Å². The first kappa shape index (κ1) is 17.8. The van der Waals surface area contributed by atoms with Gasteiger partial charge < -0.3 is 10.2 Å². The van der Waals surface area contributed by atoms with Crippen molar-refractivity contribution in [3.63, 3.8) is 0 Å². The molecule has 0 amide bonds. The van der Waals surface area contributed by atoms with Gasteiger partial charge in [-0.3, -0.25) is 0 Å². The van der Waals surface area contributed by atoms with Crippen LogP contribution in [0.4, 0.5) is 5.82 Å². The second-order valence-corrected chi connectivity index (χ2v) is 8.08. The van der Waals surface area contributed by atoms with E-state index in [4.69, 9.17) is 10.2 Å². The van der Waals surface area contributed by atoms with Crippen molar-refractivity contribution in [2.45, 2.75) is 4.90 Å². The Morgan fingerprint density at radius 1 is 0.929 bits per heavy atom. The van der Waals surface area contributed by atoms with Gasteiger partial charge in [-0.25, -0.2) is 18.4 Å². The lowest BCUT2D eigenvalue weighted by molar-refractivity contribution is 0.582.